The Bertz CT molecular complexity index is 510. The van der Waals surface area contributed by atoms with Crippen LogP contribution in [0, 0.1) is 11.3 Å². The molecule has 3 rings (SSSR count). The summed E-state index contributed by atoms with van der Waals surface area (Å²) in [5.41, 5.74) is 3.21. The molecule has 0 saturated heterocycles. The summed E-state index contributed by atoms with van der Waals surface area (Å²) >= 11 is 0. The lowest BCUT2D eigenvalue weighted by Gasteiger charge is -2.55. The van der Waals surface area contributed by atoms with Gasteiger partial charge in [-0.25, -0.2) is 0 Å². The number of aliphatic hydroxyl groups excluding tert-OH is 1. The summed E-state index contributed by atoms with van der Waals surface area (Å²) < 4.78 is 5.43. The zero-order chi connectivity index (χ0) is 14.4. The first-order chi connectivity index (χ1) is 9.53. The van der Waals surface area contributed by atoms with E-state index in [4.69, 9.17) is 4.74 Å². The van der Waals surface area contributed by atoms with E-state index in [0.717, 1.165) is 18.6 Å². The van der Waals surface area contributed by atoms with Crippen molar-refractivity contribution in [2.45, 2.75) is 51.4 Å². The van der Waals surface area contributed by atoms with Crippen LogP contribution in [-0.2, 0) is 11.8 Å². The van der Waals surface area contributed by atoms with Gasteiger partial charge >= 0.3 is 0 Å². The van der Waals surface area contributed by atoms with Crippen molar-refractivity contribution >= 4 is 0 Å². The number of benzene rings is 1. The molecular weight excluding hydrogens is 248 g/mol. The fraction of sp³-hybridized carbons (Fsp3) is 0.667. The van der Waals surface area contributed by atoms with Gasteiger partial charge in [-0.1, -0.05) is 26.3 Å². The quantitative estimate of drug-likeness (QED) is 0.891. The Morgan fingerprint density at radius 2 is 2.10 bits per heavy atom. The lowest BCUT2D eigenvalue weighted by molar-refractivity contribution is -0.0179. The number of hydrogen-bond acceptors (Lipinski definition) is 2. The van der Waals surface area contributed by atoms with Gasteiger partial charge in [-0.2, -0.15) is 0 Å². The molecule has 0 aromatic heterocycles. The normalized spacial score (nSPS) is 36.1. The van der Waals surface area contributed by atoms with Crippen molar-refractivity contribution in [3.05, 3.63) is 29.3 Å². The number of aliphatic hydroxyl groups is 1. The molecule has 1 aromatic carbocycles. The highest BCUT2D eigenvalue weighted by atomic mass is 16.5. The Kier molecular flexibility index (Phi) is 3.32. The van der Waals surface area contributed by atoms with Gasteiger partial charge in [-0.3, -0.25) is 0 Å². The molecule has 0 bridgehead atoms. The molecule has 1 N–H and O–H groups in total. The van der Waals surface area contributed by atoms with Crippen molar-refractivity contribution in [3.63, 3.8) is 0 Å². The van der Waals surface area contributed by atoms with Gasteiger partial charge in [0.25, 0.3) is 0 Å². The summed E-state index contributed by atoms with van der Waals surface area (Å²) in [6, 6.07) is 6.56. The van der Waals surface area contributed by atoms with E-state index in [2.05, 4.69) is 32.0 Å². The van der Waals surface area contributed by atoms with Crippen LogP contribution >= 0.6 is 0 Å². The zero-order valence-electron chi connectivity index (χ0n) is 12.9. The van der Waals surface area contributed by atoms with E-state index >= 15 is 0 Å². The average molecular weight is 274 g/mol. The molecule has 2 aliphatic carbocycles. The number of hydrogen-bond donors (Lipinski definition) is 1. The molecule has 2 unspecified atom stereocenters. The second-order valence-electron chi connectivity index (χ2n) is 7.20. The van der Waals surface area contributed by atoms with Crippen LogP contribution < -0.4 is 4.74 Å². The van der Waals surface area contributed by atoms with Gasteiger partial charge in [0, 0.05) is 6.61 Å². The molecule has 1 aromatic rings. The Morgan fingerprint density at radius 3 is 2.80 bits per heavy atom. The van der Waals surface area contributed by atoms with Gasteiger partial charge in [0.15, 0.2) is 0 Å². The van der Waals surface area contributed by atoms with Gasteiger partial charge in [-0.15, -0.1) is 0 Å². The summed E-state index contributed by atoms with van der Waals surface area (Å²) in [7, 11) is 1.74. The van der Waals surface area contributed by atoms with Crippen LogP contribution in [0.4, 0.5) is 0 Å². The van der Waals surface area contributed by atoms with Crippen LogP contribution in [0.5, 0.6) is 5.75 Å². The molecule has 20 heavy (non-hydrogen) atoms. The summed E-state index contributed by atoms with van der Waals surface area (Å²) in [5.74, 6) is 1.54. The van der Waals surface area contributed by atoms with Crippen LogP contribution in [0.2, 0.25) is 0 Å². The third-order valence-corrected chi connectivity index (χ3v) is 6.05. The molecule has 2 aliphatic rings. The Balaban J connectivity index is 2.09. The maximum absolute atomic E-state index is 9.93. The van der Waals surface area contributed by atoms with E-state index < -0.39 is 0 Å². The monoisotopic (exact) mass is 274 g/mol. The van der Waals surface area contributed by atoms with Crippen molar-refractivity contribution in [3.8, 4) is 5.75 Å². The average Bonchev–Trinajstić information content (AvgIpc) is 2.46. The molecule has 1 saturated carbocycles. The van der Waals surface area contributed by atoms with E-state index in [1.807, 2.05) is 0 Å². The summed E-state index contributed by atoms with van der Waals surface area (Å²) in [6.07, 6.45) is 5.93. The molecule has 3 atom stereocenters. The summed E-state index contributed by atoms with van der Waals surface area (Å²) in [5, 5.41) is 9.93. The lowest BCUT2D eigenvalue weighted by Crippen LogP contribution is -2.50. The van der Waals surface area contributed by atoms with Gasteiger partial charge in [0.2, 0.25) is 0 Å². The van der Waals surface area contributed by atoms with Gasteiger partial charge in [0.1, 0.15) is 5.75 Å². The van der Waals surface area contributed by atoms with Crippen molar-refractivity contribution in [1.82, 2.24) is 0 Å². The highest BCUT2D eigenvalue weighted by Crippen LogP contribution is 2.57. The van der Waals surface area contributed by atoms with Crippen LogP contribution in [-0.4, -0.2) is 18.8 Å². The third kappa shape index (κ3) is 1.88. The molecule has 1 fully saturated rings. The predicted octanol–water partition coefficient (Wildman–Crippen LogP) is 3.70. The highest BCUT2D eigenvalue weighted by Gasteiger charge is 2.51. The molecule has 2 nitrogen and oxygen atoms in total. The molecule has 0 spiro atoms. The summed E-state index contributed by atoms with van der Waals surface area (Å²) in [6.45, 7) is 5.00. The van der Waals surface area contributed by atoms with Crippen molar-refractivity contribution in [2.75, 3.05) is 13.7 Å². The van der Waals surface area contributed by atoms with E-state index in [1.54, 1.807) is 7.11 Å². The van der Waals surface area contributed by atoms with Crippen molar-refractivity contribution in [1.29, 1.82) is 0 Å². The number of rotatable bonds is 2. The molecule has 2 heteroatoms. The smallest absolute Gasteiger partial charge is 0.119 e. The Hall–Kier alpha value is -1.02. The van der Waals surface area contributed by atoms with Crippen LogP contribution in [0.3, 0.4) is 0 Å². The largest absolute Gasteiger partial charge is 0.497 e. The van der Waals surface area contributed by atoms with E-state index in [1.165, 1.54) is 30.4 Å². The minimum atomic E-state index is 0.0771. The topological polar surface area (TPSA) is 29.5 Å². The first kappa shape index (κ1) is 13.9. The first-order valence-electron chi connectivity index (χ1n) is 7.82. The fourth-order valence-corrected chi connectivity index (χ4v) is 4.89. The second-order valence-corrected chi connectivity index (χ2v) is 7.20. The predicted molar refractivity (Wildman–Crippen MR) is 81.2 cm³/mol. The number of ether oxygens (including phenoxy) is 1. The highest BCUT2D eigenvalue weighted by molar-refractivity contribution is 5.43. The van der Waals surface area contributed by atoms with E-state index in [9.17, 15) is 5.11 Å². The number of methoxy groups -OCH3 is 1. The van der Waals surface area contributed by atoms with Crippen molar-refractivity contribution in [2.24, 2.45) is 11.3 Å². The number of aryl methyl sites for hydroxylation is 1. The first-order valence-corrected chi connectivity index (χ1v) is 7.82. The SMILES string of the molecule is COc1ccc2c(c1)C1(C)CCC[C@](C)(CO)C1CC2. The molecule has 0 radical (unpaired) electrons. The molecule has 0 amide bonds. The van der Waals surface area contributed by atoms with Gasteiger partial charge in [0.05, 0.1) is 7.11 Å². The van der Waals surface area contributed by atoms with E-state index in [-0.39, 0.29) is 10.8 Å². The fourth-order valence-electron chi connectivity index (χ4n) is 4.89. The van der Waals surface area contributed by atoms with Gasteiger partial charge in [-0.05, 0) is 65.7 Å². The summed E-state index contributed by atoms with van der Waals surface area (Å²) in [4.78, 5) is 0. The molecular formula is C18H26O2. The molecule has 0 aliphatic heterocycles. The standard InChI is InChI=1S/C18H26O2/c1-17(12-19)9-4-10-18(2)15-11-14(20-3)7-5-13(15)6-8-16(17)18/h5,7,11,16,19H,4,6,8-10,12H2,1-3H3/t16?,17-,18?/m1/s1. The molecule has 0 heterocycles. The minimum Gasteiger partial charge on any atom is -0.497 e. The molecule has 110 valence electrons. The Labute approximate surface area is 122 Å². The van der Waals surface area contributed by atoms with Crippen LogP contribution in [0.25, 0.3) is 0 Å². The third-order valence-electron chi connectivity index (χ3n) is 6.05. The number of fused-ring (bicyclic) bond motifs is 3. The maximum Gasteiger partial charge on any atom is 0.119 e. The van der Waals surface area contributed by atoms with Crippen molar-refractivity contribution < 1.29 is 9.84 Å². The lowest BCUT2D eigenvalue weighted by atomic mass is 9.50. The zero-order valence-corrected chi connectivity index (χ0v) is 12.9. The second kappa shape index (κ2) is 4.77. The van der Waals surface area contributed by atoms with Crippen LogP contribution in [0.15, 0.2) is 18.2 Å². The van der Waals surface area contributed by atoms with E-state index in [0.29, 0.717) is 12.5 Å². The maximum atomic E-state index is 9.93. The minimum absolute atomic E-state index is 0.0771. The van der Waals surface area contributed by atoms with Crippen LogP contribution in [0.1, 0.15) is 50.7 Å². The van der Waals surface area contributed by atoms with Gasteiger partial charge < -0.3 is 9.84 Å². The Morgan fingerprint density at radius 1 is 1.30 bits per heavy atom.